The van der Waals surface area contributed by atoms with Gasteiger partial charge in [-0.2, -0.15) is 5.92 Å². The van der Waals surface area contributed by atoms with Crippen molar-refractivity contribution < 1.29 is 98.1 Å². The summed E-state index contributed by atoms with van der Waals surface area (Å²) in [6, 6.07) is 0. The zero-order valence-electron chi connectivity index (χ0n) is 10.3. The molecule has 0 fully saturated rings. The van der Waals surface area contributed by atoms with Crippen LogP contribution < -0.4 is 0 Å². The third-order valence-corrected chi connectivity index (χ3v) is 0.577. The molecule has 0 rings (SSSR count). The van der Waals surface area contributed by atoms with E-state index in [0.717, 1.165) is 0 Å². The summed E-state index contributed by atoms with van der Waals surface area (Å²) in [5.74, 6) is 0.588. The molecular weight excluding hydrogens is 423 g/mol. The molecule has 0 bridgehead atoms. The van der Waals surface area contributed by atoms with Gasteiger partial charge in [-0.15, -0.1) is 0 Å². The summed E-state index contributed by atoms with van der Waals surface area (Å²) in [5, 5.41) is 0. The van der Waals surface area contributed by atoms with Gasteiger partial charge >= 0.3 is 0 Å². The van der Waals surface area contributed by atoms with Crippen molar-refractivity contribution in [2.45, 2.75) is 50.0 Å². The summed E-state index contributed by atoms with van der Waals surface area (Å²) < 4.78 is 0. The van der Waals surface area contributed by atoms with Gasteiger partial charge in [-0.05, 0) is 0 Å². The van der Waals surface area contributed by atoms with Crippen molar-refractivity contribution in [3.63, 3.8) is 0 Å². The number of rotatable bonds is 1. The molecule has 0 nitrogen and oxygen atoms in total. The van der Waals surface area contributed by atoms with Gasteiger partial charge < -0.3 is 28.4 Å². The van der Waals surface area contributed by atoms with Gasteiger partial charge in [0.2, 0.25) is 0 Å². The van der Waals surface area contributed by atoms with Gasteiger partial charge in [0.05, 0.1) is 0 Å². The van der Waals surface area contributed by atoms with Crippen LogP contribution in [0.2, 0.25) is 0 Å². The zero-order chi connectivity index (χ0) is 5.86. The molecule has 0 N–H and O–H groups in total. The van der Waals surface area contributed by atoms with Crippen molar-refractivity contribution >= 4 is 0 Å². The van der Waals surface area contributed by atoms with E-state index in [1.807, 2.05) is 0 Å². The summed E-state index contributed by atoms with van der Waals surface area (Å²) in [6.07, 6.45) is 3.22. The topological polar surface area (TPSA) is 0 Å². The van der Waals surface area contributed by atoms with E-state index < -0.39 is 0 Å². The largest absolute Gasteiger partial charge is 0.495 e. The predicted octanol–water partition coefficient (Wildman–Crippen LogP) is 5.66. The molecule has 0 aliphatic carbocycles. The average molecular weight is 457 g/mol. The maximum atomic E-state index is 3.22. The fourth-order valence-electron chi connectivity index (χ4n) is 0.577. The molecule has 0 atom stereocenters. The molecule has 99 valence electrons. The Balaban J connectivity index is -0.00000000500. The van der Waals surface area contributed by atoms with Crippen molar-refractivity contribution in [3.8, 4) is 0 Å². The average Bonchev–Trinajstić information content (AvgIpc) is 1.27. The molecule has 3 heteroatoms. The Hall–Kier alpha value is 3.05. The molecule has 0 spiro atoms. The molecule has 0 aliphatic heterocycles. The zero-order valence-corrected chi connectivity index (χ0v) is 18.8. The smallest absolute Gasteiger partial charge is 0 e. The summed E-state index contributed by atoms with van der Waals surface area (Å²) in [5.41, 5.74) is 1.29. The van der Waals surface area contributed by atoms with Gasteiger partial charge in [0.1, 0.15) is 0 Å². The van der Waals surface area contributed by atoms with Crippen molar-refractivity contribution in [2.75, 3.05) is 0 Å². The molecule has 0 saturated heterocycles. The van der Waals surface area contributed by atoms with E-state index in [9.17, 15) is 0 Å². The van der Waals surface area contributed by atoms with Crippen molar-refractivity contribution in [3.05, 3.63) is 33.9 Å². The van der Waals surface area contributed by atoms with Gasteiger partial charge in [0.25, 0.3) is 0 Å². The molecule has 3 radical (unpaired) electrons. The summed E-state index contributed by atoms with van der Waals surface area (Å²) in [6.45, 7) is 8.40. The first-order valence-electron chi connectivity index (χ1n) is 2.69. The minimum atomic E-state index is 0. The molecule has 0 aromatic heterocycles. The normalized spacial score (nSPS) is 4.06. The Kier molecular flexibility index (Phi) is 246. The molecule has 0 unspecified atom stereocenters. The fraction of sp³-hybridized carbons (Fsp3) is 0.615. The van der Waals surface area contributed by atoms with Crippen LogP contribution in [0.3, 0.4) is 0 Å². The number of hydrogen-bond acceptors (Lipinski definition) is 0. The van der Waals surface area contributed by atoms with Crippen LogP contribution in [0.1, 0.15) is 50.0 Å². The van der Waals surface area contributed by atoms with E-state index in [1.54, 1.807) is 0 Å². The van der Waals surface area contributed by atoms with Crippen LogP contribution in [-0.4, -0.2) is 0 Å². The third-order valence-electron chi connectivity index (χ3n) is 0.577. The van der Waals surface area contributed by atoms with E-state index in [0.29, 0.717) is 5.92 Å². The van der Waals surface area contributed by atoms with Crippen LogP contribution in [0, 0.1) is 34.3 Å². The Morgan fingerprint density at radius 2 is 0.938 bits per heavy atom. The minimum Gasteiger partial charge on any atom is -0.495 e. The second-order valence-electron chi connectivity index (χ2n) is 2.30. The van der Waals surface area contributed by atoms with Gasteiger partial charge in [-0.1, -0.05) is 50.0 Å². The van der Waals surface area contributed by atoms with Crippen LogP contribution >= 0.6 is 0 Å². The van der Waals surface area contributed by atoms with Crippen LogP contribution in [-0.2, 0) is 98.1 Å². The van der Waals surface area contributed by atoms with Crippen LogP contribution in [0.4, 0.5) is 0 Å². The maximum Gasteiger partial charge on any atom is 0 e. The number of allylic oxidation sites excluding steroid dienone is 2. The molecule has 0 saturated carbocycles. The maximum absolute atomic E-state index is 3.22. The van der Waals surface area contributed by atoms with Gasteiger partial charge in [-0.25, -0.2) is 0 Å². The first kappa shape index (κ1) is 75.8. The van der Waals surface area contributed by atoms with E-state index in [1.165, 1.54) is 5.57 Å². The second-order valence-corrected chi connectivity index (χ2v) is 2.30. The molecule has 0 amide bonds. The quantitative estimate of drug-likeness (QED) is 0.446. The van der Waals surface area contributed by atoms with Crippen LogP contribution in [0.25, 0.3) is 0 Å². The number of hydrogen-bond donors (Lipinski definition) is 0. The first-order valence-corrected chi connectivity index (χ1v) is 2.69. The summed E-state index contributed by atoms with van der Waals surface area (Å²) >= 11 is 0. The Labute approximate surface area is 185 Å². The molecular formula is C13H34Y3-4. The van der Waals surface area contributed by atoms with Gasteiger partial charge in [-0.3, -0.25) is 5.57 Å². The third kappa shape index (κ3) is 88.4. The predicted molar refractivity (Wildman–Crippen MR) is 72.4 cm³/mol. The Morgan fingerprint density at radius 3 is 0.938 bits per heavy atom. The van der Waals surface area contributed by atoms with E-state index in [4.69, 9.17) is 0 Å². The van der Waals surface area contributed by atoms with E-state index >= 15 is 0 Å². The fourth-order valence-corrected chi connectivity index (χ4v) is 0.577. The summed E-state index contributed by atoms with van der Waals surface area (Å²) in [4.78, 5) is 0. The Bertz CT molecular complexity index is 75.2. The molecule has 0 heterocycles. The molecule has 16 heavy (non-hydrogen) atoms. The van der Waals surface area contributed by atoms with Crippen LogP contribution in [0.5, 0.6) is 0 Å². The monoisotopic (exact) mass is 457 g/mol. The minimum absolute atomic E-state index is 0. The van der Waals surface area contributed by atoms with Gasteiger partial charge in [0.15, 0.2) is 0 Å². The summed E-state index contributed by atoms with van der Waals surface area (Å²) in [7, 11) is 0. The van der Waals surface area contributed by atoms with E-state index in [-0.39, 0.29) is 143 Å². The SMILES string of the molecule is C.C.C.CC(C)=[C-]C(C)C.[CH3-].[CH3-].[CH3-].[Y].[Y].[Y]. The standard InChI is InChI=1S/C7H13.3CH4.3CH3.3Y/c1-6(2)5-7(3)4;;;;;;;;;/h6H,1-4H3;3*1H4;3*1H3;;;/q-1;;;;3*-1;;;. The molecule has 0 aromatic carbocycles. The molecule has 0 aliphatic rings. The first-order chi connectivity index (χ1) is 3.13. The van der Waals surface area contributed by atoms with Crippen molar-refractivity contribution in [1.82, 2.24) is 0 Å². The van der Waals surface area contributed by atoms with E-state index in [2.05, 4.69) is 33.8 Å². The van der Waals surface area contributed by atoms with Crippen LogP contribution in [0.15, 0.2) is 5.57 Å². The van der Waals surface area contributed by atoms with Crippen molar-refractivity contribution in [1.29, 1.82) is 0 Å². The molecule has 0 aromatic rings. The van der Waals surface area contributed by atoms with Crippen molar-refractivity contribution in [2.24, 2.45) is 5.92 Å². The second kappa shape index (κ2) is 51.9. The van der Waals surface area contributed by atoms with Gasteiger partial charge in [0, 0.05) is 98.1 Å². The Morgan fingerprint density at radius 1 is 0.750 bits per heavy atom.